The largest absolute Gasteiger partial charge is 0.270 e. The van der Waals surface area contributed by atoms with Gasteiger partial charge in [-0.2, -0.15) is 0 Å². The van der Waals surface area contributed by atoms with Crippen LogP contribution >= 0.6 is 0 Å². The predicted octanol–water partition coefficient (Wildman–Crippen LogP) is -2.16. The maximum Gasteiger partial charge on any atom is 0.181 e. The van der Waals surface area contributed by atoms with Gasteiger partial charge in [0.25, 0.3) is 0 Å². The molecule has 44 valence electrons. The Morgan fingerprint density at radius 3 is 2.67 bits per heavy atom. The Hall–Kier alpha value is -0.790. The molecule has 1 aromatic heterocycles. The summed E-state index contributed by atoms with van der Waals surface area (Å²) in [6.45, 7) is 2.07. The third kappa shape index (κ3) is 1.56. The molecule has 0 unspecified atom stereocenters. The average molecular weight is 118 g/mol. The van der Waals surface area contributed by atoms with E-state index < -0.39 is 0 Å². The van der Waals surface area contributed by atoms with Gasteiger partial charge >= 0.3 is 0 Å². The van der Waals surface area contributed by atoms with Crippen LogP contribution in [0, 0.1) is 0 Å². The van der Waals surface area contributed by atoms with E-state index in [2.05, 4.69) is 16.8 Å². The molecule has 1 aromatic rings. The molecule has 0 saturated heterocycles. The van der Waals surface area contributed by atoms with E-state index in [4.69, 9.17) is 0 Å². The van der Waals surface area contributed by atoms with E-state index in [-0.39, 0.29) is 0 Å². The molecule has 0 N–H and O–H groups in total. The number of nitrogens with zero attached hydrogens (tertiary/aromatic N) is 2. The van der Waals surface area contributed by atoms with Crippen molar-refractivity contribution in [2.45, 2.75) is 6.82 Å². The van der Waals surface area contributed by atoms with E-state index in [1.165, 1.54) is 0 Å². The maximum absolute atomic E-state index is 4.13. The summed E-state index contributed by atoms with van der Waals surface area (Å²) in [7, 11) is 2.90. The van der Waals surface area contributed by atoms with Gasteiger partial charge < -0.3 is 0 Å². The van der Waals surface area contributed by atoms with Crippen molar-refractivity contribution in [3.63, 3.8) is 0 Å². The average Bonchev–Trinajstić information content (AvgIpc) is 1.90. The standard InChI is InChI=1S/C5H8B2N2/c1-7-5-3-8-4(6)2-9-5/h2-3,7H,6H2,1H3. The summed E-state index contributed by atoms with van der Waals surface area (Å²) in [6, 6.07) is 0. The molecule has 9 heavy (non-hydrogen) atoms. The highest BCUT2D eigenvalue weighted by molar-refractivity contribution is 6.50. The van der Waals surface area contributed by atoms with Gasteiger partial charge in [-0.15, -0.1) is 0 Å². The van der Waals surface area contributed by atoms with Crippen molar-refractivity contribution in [3.05, 3.63) is 12.4 Å². The van der Waals surface area contributed by atoms with Crippen molar-refractivity contribution >= 4 is 26.3 Å². The first-order valence-electron chi connectivity index (χ1n) is 3.10. The van der Waals surface area contributed by atoms with Gasteiger partial charge in [0.15, 0.2) is 15.1 Å². The zero-order chi connectivity index (χ0) is 6.69. The summed E-state index contributed by atoms with van der Waals surface area (Å²) in [5, 5.41) is 0. The van der Waals surface area contributed by atoms with E-state index in [0.717, 1.165) is 18.5 Å². The summed E-state index contributed by atoms with van der Waals surface area (Å²) in [5.74, 6) is 0. The first-order chi connectivity index (χ1) is 4.33. The van der Waals surface area contributed by atoms with Crippen molar-refractivity contribution in [3.8, 4) is 0 Å². The van der Waals surface area contributed by atoms with Gasteiger partial charge in [-0.3, -0.25) is 9.97 Å². The number of hydrogen-bond donors (Lipinski definition) is 0. The van der Waals surface area contributed by atoms with Gasteiger partial charge in [-0.25, -0.2) is 0 Å². The van der Waals surface area contributed by atoms with Gasteiger partial charge in [0.2, 0.25) is 0 Å². The minimum absolute atomic E-state index is 0.966. The van der Waals surface area contributed by atoms with Crippen LogP contribution in [0.1, 0.15) is 0 Å². The zero-order valence-corrected chi connectivity index (χ0v) is 5.76. The van der Waals surface area contributed by atoms with E-state index in [9.17, 15) is 0 Å². The van der Waals surface area contributed by atoms with Crippen LogP contribution in [0.15, 0.2) is 12.4 Å². The predicted molar refractivity (Wildman–Crippen MR) is 42.9 cm³/mol. The minimum atomic E-state index is 0.966. The SMILES string of the molecule is Bc1cnc(BC)cn1. The monoisotopic (exact) mass is 118 g/mol. The quantitative estimate of drug-likeness (QED) is 0.392. The first kappa shape index (κ1) is 6.33. The van der Waals surface area contributed by atoms with Crippen molar-refractivity contribution in [1.82, 2.24) is 9.97 Å². The van der Waals surface area contributed by atoms with E-state index in [1.54, 1.807) is 6.20 Å². The third-order valence-corrected chi connectivity index (χ3v) is 1.20. The van der Waals surface area contributed by atoms with Gasteiger partial charge in [0, 0.05) is 23.6 Å². The van der Waals surface area contributed by atoms with E-state index in [0.29, 0.717) is 0 Å². The molecule has 0 aliphatic rings. The van der Waals surface area contributed by atoms with E-state index in [1.807, 2.05) is 14.0 Å². The second-order valence-corrected chi connectivity index (χ2v) is 2.00. The summed E-state index contributed by atoms with van der Waals surface area (Å²) in [4.78, 5) is 8.22. The van der Waals surface area contributed by atoms with Gasteiger partial charge in [-0.05, 0) is 0 Å². The molecule has 0 spiro atoms. The third-order valence-electron chi connectivity index (χ3n) is 1.20. The van der Waals surface area contributed by atoms with Crippen LogP contribution in [-0.2, 0) is 0 Å². The van der Waals surface area contributed by atoms with Crippen molar-refractivity contribution in [2.24, 2.45) is 0 Å². The summed E-state index contributed by atoms with van der Waals surface area (Å²) in [6.07, 6.45) is 3.61. The van der Waals surface area contributed by atoms with Gasteiger partial charge in [0.05, 0.1) is 0 Å². The lowest BCUT2D eigenvalue weighted by Gasteiger charge is -1.92. The molecule has 0 bridgehead atoms. The smallest absolute Gasteiger partial charge is 0.181 e. The second kappa shape index (κ2) is 2.67. The molecule has 1 heterocycles. The maximum atomic E-state index is 4.13. The molecular formula is C5H8B2N2. The van der Waals surface area contributed by atoms with Crippen LogP contribution in [0.4, 0.5) is 0 Å². The summed E-state index contributed by atoms with van der Waals surface area (Å²) in [5.41, 5.74) is 2.04. The first-order valence-corrected chi connectivity index (χ1v) is 3.10. The van der Waals surface area contributed by atoms with Crippen LogP contribution in [0.5, 0.6) is 0 Å². The highest BCUT2D eigenvalue weighted by Crippen LogP contribution is 1.64. The Labute approximate surface area is 56.4 Å². The lowest BCUT2D eigenvalue weighted by atomic mass is 9.78. The number of hydrogen-bond acceptors (Lipinski definition) is 2. The van der Waals surface area contributed by atoms with Crippen LogP contribution < -0.4 is 11.2 Å². The lowest BCUT2D eigenvalue weighted by Crippen LogP contribution is -2.21. The Morgan fingerprint density at radius 1 is 1.44 bits per heavy atom. The molecule has 0 amide bonds. The van der Waals surface area contributed by atoms with Crippen molar-refractivity contribution < 1.29 is 0 Å². The Bertz CT molecular complexity index is 185. The molecule has 0 fully saturated rings. The zero-order valence-electron chi connectivity index (χ0n) is 5.76. The lowest BCUT2D eigenvalue weighted by molar-refractivity contribution is 1.29. The second-order valence-electron chi connectivity index (χ2n) is 2.00. The highest BCUT2D eigenvalue weighted by Gasteiger charge is 1.89. The molecular weight excluding hydrogens is 110 g/mol. The molecule has 1 rings (SSSR count). The van der Waals surface area contributed by atoms with Crippen molar-refractivity contribution in [2.75, 3.05) is 0 Å². The molecule has 0 saturated carbocycles. The summed E-state index contributed by atoms with van der Waals surface area (Å²) < 4.78 is 0. The fourth-order valence-electron chi connectivity index (χ4n) is 0.602. The van der Waals surface area contributed by atoms with Crippen LogP contribution in [-0.4, -0.2) is 25.1 Å². The fraction of sp³-hybridized carbons (Fsp3) is 0.200. The molecule has 0 radical (unpaired) electrons. The molecule has 2 nitrogen and oxygen atoms in total. The summed E-state index contributed by atoms with van der Waals surface area (Å²) >= 11 is 0. The number of rotatable bonds is 1. The molecule has 0 aliphatic heterocycles. The topological polar surface area (TPSA) is 25.8 Å². The molecule has 0 aromatic carbocycles. The highest BCUT2D eigenvalue weighted by atomic mass is 14.8. The van der Waals surface area contributed by atoms with Crippen LogP contribution in [0.25, 0.3) is 0 Å². The fourth-order valence-corrected chi connectivity index (χ4v) is 0.602. The van der Waals surface area contributed by atoms with Gasteiger partial charge in [0.1, 0.15) is 0 Å². The Kier molecular flexibility index (Phi) is 1.88. The Balaban J connectivity index is 2.88. The van der Waals surface area contributed by atoms with E-state index >= 15 is 0 Å². The minimum Gasteiger partial charge on any atom is -0.270 e. The number of aromatic nitrogens is 2. The van der Waals surface area contributed by atoms with Crippen molar-refractivity contribution in [1.29, 1.82) is 0 Å². The normalized spacial score (nSPS) is 9.00. The molecule has 0 aliphatic carbocycles. The van der Waals surface area contributed by atoms with Crippen LogP contribution in [0.3, 0.4) is 0 Å². The molecule has 4 heteroatoms. The molecule has 0 atom stereocenters. The van der Waals surface area contributed by atoms with Crippen LogP contribution in [0.2, 0.25) is 6.82 Å². The Morgan fingerprint density at radius 2 is 2.22 bits per heavy atom. The van der Waals surface area contributed by atoms with Gasteiger partial charge in [-0.1, -0.05) is 6.82 Å².